The first-order valence-corrected chi connectivity index (χ1v) is 12.5. The van der Waals surface area contributed by atoms with Gasteiger partial charge in [-0.25, -0.2) is 8.42 Å². The second kappa shape index (κ2) is 10.7. The molecule has 0 saturated carbocycles. The lowest BCUT2D eigenvalue weighted by Crippen LogP contribution is -2.49. The Balaban J connectivity index is 1.48. The summed E-state index contributed by atoms with van der Waals surface area (Å²) >= 11 is 12.0. The van der Waals surface area contributed by atoms with E-state index in [1.54, 1.807) is 55.5 Å². The molecule has 32 heavy (non-hydrogen) atoms. The minimum absolute atomic E-state index is 0.213. The Kier molecular flexibility index (Phi) is 8.16. The van der Waals surface area contributed by atoms with Crippen LogP contribution in [0.25, 0.3) is 0 Å². The number of nitrogens with one attached hydrogen (secondary N) is 2. The fourth-order valence-corrected chi connectivity index (χ4v) is 5.46. The van der Waals surface area contributed by atoms with Gasteiger partial charge in [0.25, 0.3) is 0 Å². The summed E-state index contributed by atoms with van der Waals surface area (Å²) < 4.78 is 26.8. The highest BCUT2D eigenvalue weighted by Gasteiger charge is 2.32. The lowest BCUT2D eigenvalue weighted by Gasteiger charge is -2.31. The Morgan fingerprint density at radius 1 is 1.09 bits per heavy atom. The van der Waals surface area contributed by atoms with Crippen molar-refractivity contribution < 1.29 is 18.0 Å². The SMILES string of the molecule is C[C@@H](NC(=O)C1CCN(S(=O)(=O)c2ccccc2)CC1)C(=O)NCc1ccc(Cl)cc1Cl. The Labute approximate surface area is 198 Å². The van der Waals surface area contributed by atoms with Crippen LogP contribution in [0.4, 0.5) is 0 Å². The van der Waals surface area contributed by atoms with E-state index < -0.39 is 16.1 Å². The van der Waals surface area contributed by atoms with Gasteiger partial charge in [-0.1, -0.05) is 47.5 Å². The number of carbonyl (C=O) groups excluding carboxylic acids is 2. The van der Waals surface area contributed by atoms with Crippen LogP contribution in [0.3, 0.4) is 0 Å². The van der Waals surface area contributed by atoms with Crippen molar-refractivity contribution in [2.24, 2.45) is 5.92 Å². The first-order chi connectivity index (χ1) is 15.2. The Bertz CT molecular complexity index is 1070. The van der Waals surface area contributed by atoms with Crippen molar-refractivity contribution >= 4 is 45.0 Å². The van der Waals surface area contributed by atoms with Gasteiger partial charge in [0.05, 0.1) is 4.90 Å². The van der Waals surface area contributed by atoms with Crippen LogP contribution in [-0.2, 0) is 26.2 Å². The summed E-state index contributed by atoms with van der Waals surface area (Å²) in [6.45, 7) is 2.33. The fourth-order valence-electron chi connectivity index (χ4n) is 3.50. The largest absolute Gasteiger partial charge is 0.350 e. The number of piperidine rings is 1. The van der Waals surface area contributed by atoms with Crippen LogP contribution < -0.4 is 10.6 Å². The first kappa shape index (κ1) is 24.5. The average Bonchev–Trinajstić information content (AvgIpc) is 2.79. The van der Waals surface area contributed by atoms with Gasteiger partial charge in [0.15, 0.2) is 0 Å². The molecule has 0 aliphatic carbocycles. The van der Waals surface area contributed by atoms with E-state index in [0.29, 0.717) is 22.9 Å². The molecule has 1 aliphatic rings. The summed E-state index contributed by atoms with van der Waals surface area (Å²) in [5.74, 6) is -0.944. The van der Waals surface area contributed by atoms with Crippen LogP contribution in [0, 0.1) is 5.92 Å². The molecule has 1 aliphatic heterocycles. The molecule has 0 bridgehead atoms. The molecule has 2 aromatic carbocycles. The maximum absolute atomic E-state index is 12.7. The smallest absolute Gasteiger partial charge is 0.243 e. The Morgan fingerprint density at radius 2 is 1.75 bits per heavy atom. The highest BCUT2D eigenvalue weighted by molar-refractivity contribution is 7.89. The summed E-state index contributed by atoms with van der Waals surface area (Å²) in [5.41, 5.74) is 0.718. The van der Waals surface area contributed by atoms with Crippen LogP contribution in [-0.4, -0.2) is 43.7 Å². The minimum Gasteiger partial charge on any atom is -0.350 e. The van der Waals surface area contributed by atoms with Crippen LogP contribution in [0.5, 0.6) is 0 Å². The van der Waals surface area contributed by atoms with E-state index in [0.717, 1.165) is 5.56 Å². The van der Waals surface area contributed by atoms with Crippen molar-refractivity contribution in [3.05, 3.63) is 64.1 Å². The quantitative estimate of drug-likeness (QED) is 0.613. The van der Waals surface area contributed by atoms with Gasteiger partial charge in [0.2, 0.25) is 21.8 Å². The van der Waals surface area contributed by atoms with Crippen LogP contribution in [0.15, 0.2) is 53.4 Å². The third kappa shape index (κ3) is 6.01. The van der Waals surface area contributed by atoms with Gasteiger partial charge in [0.1, 0.15) is 6.04 Å². The average molecular weight is 498 g/mol. The van der Waals surface area contributed by atoms with Crippen molar-refractivity contribution in [3.63, 3.8) is 0 Å². The van der Waals surface area contributed by atoms with Gasteiger partial charge >= 0.3 is 0 Å². The number of benzene rings is 2. The highest BCUT2D eigenvalue weighted by Crippen LogP contribution is 2.24. The molecule has 2 aromatic rings. The Morgan fingerprint density at radius 3 is 2.38 bits per heavy atom. The molecule has 3 rings (SSSR count). The molecule has 1 heterocycles. The van der Waals surface area contributed by atoms with Gasteiger partial charge < -0.3 is 10.6 Å². The lowest BCUT2D eigenvalue weighted by atomic mass is 9.97. The van der Waals surface area contributed by atoms with Crippen molar-refractivity contribution in [1.82, 2.24) is 14.9 Å². The molecular weight excluding hydrogens is 473 g/mol. The normalized spacial score (nSPS) is 16.3. The number of halogens is 2. The third-order valence-electron chi connectivity index (χ3n) is 5.43. The van der Waals surface area contributed by atoms with E-state index in [1.807, 2.05) is 0 Å². The van der Waals surface area contributed by atoms with E-state index >= 15 is 0 Å². The van der Waals surface area contributed by atoms with Gasteiger partial charge in [-0.2, -0.15) is 4.31 Å². The molecule has 2 amide bonds. The van der Waals surface area contributed by atoms with Crippen LogP contribution >= 0.6 is 23.2 Å². The van der Waals surface area contributed by atoms with E-state index in [-0.39, 0.29) is 42.3 Å². The number of hydrogen-bond donors (Lipinski definition) is 2. The van der Waals surface area contributed by atoms with E-state index in [2.05, 4.69) is 10.6 Å². The number of nitrogens with zero attached hydrogens (tertiary/aromatic N) is 1. The molecule has 0 radical (unpaired) electrons. The van der Waals surface area contributed by atoms with E-state index in [4.69, 9.17) is 23.2 Å². The van der Waals surface area contributed by atoms with E-state index in [9.17, 15) is 18.0 Å². The summed E-state index contributed by atoms with van der Waals surface area (Å²) in [4.78, 5) is 25.2. The molecule has 10 heteroatoms. The monoisotopic (exact) mass is 497 g/mol. The molecule has 2 N–H and O–H groups in total. The zero-order valence-corrected chi connectivity index (χ0v) is 19.9. The highest BCUT2D eigenvalue weighted by atomic mass is 35.5. The lowest BCUT2D eigenvalue weighted by molar-refractivity contribution is -0.131. The summed E-state index contributed by atoms with van der Waals surface area (Å²) in [5, 5.41) is 6.42. The topological polar surface area (TPSA) is 95.6 Å². The zero-order chi connectivity index (χ0) is 23.3. The predicted molar refractivity (Wildman–Crippen MR) is 124 cm³/mol. The standard InChI is InChI=1S/C22H25Cl2N3O4S/c1-15(21(28)25-14-17-7-8-18(23)13-20(17)24)26-22(29)16-9-11-27(12-10-16)32(30,31)19-5-3-2-4-6-19/h2-8,13,15-16H,9-12,14H2,1H3,(H,25,28)(H,26,29)/t15-/m1/s1. The summed E-state index contributed by atoms with van der Waals surface area (Å²) in [6, 6.07) is 12.5. The number of sulfonamides is 1. The summed E-state index contributed by atoms with van der Waals surface area (Å²) in [7, 11) is -3.57. The molecule has 1 atom stereocenters. The molecule has 0 aromatic heterocycles. The number of carbonyl (C=O) groups is 2. The van der Waals surface area contributed by atoms with Crippen molar-refractivity contribution in [1.29, 1.82) is 0 Å². The summed E-state index contributed by atoms with van der Waals surface area (Å²) in [6.07, 6.45) is 0.791. The van der Waals surface area contributed by atoms with Crippen molar-refractivity contribution in [3.8, 4) is 0 Å². The Hall–Kier alpha value is -2.13. The van der Waals surface area contributed by atoms with Gasteiger partial charge in [-0.15, -0.1) is 0 Å². The molecule has 7 nitrogen and oxygen atoms in total. The molecule has 172 valence electrons. The molecule has 0 unspecified atom stereocenters. The number of hydrogen-bond acceptors (Lipinski definition) is 4. The van der Waals surface area contributed by atoms with Gasteiger partial charge in [0, 0.05) is 35.6 Å². The van der Waals surface area contributed by atoms with Crippen LogP contribution in [0.2, 0.25) is 10.0 Å². The molecule has 1 fully saturated rings. The van der Waals surface area contributed by atoms with Crippen molar-refractivity contribution in [2.45, 2.75) is 37.2 Å². The fraction of sp³-hybridized carbons (Fsp3) is 0.364. The molecule has 1 saturated heterocycles. The number of rotatable bonds is 7. The second-order valence-electron chi connectivity index (χ2n) is 7.68. The first-order valence-electron chi connectivity index (χ1n) is 10.3. The molecular formula is C22H25Cl2N3O4S. The van der Waals surface area contributed by atoms with Crippen LogP contribution in [0.1, 0.15) is 25.3 Å². The number of amides is 2. The third-order valence-corrected chi connectivity index (χ3v) is 7.93. The van der Waals surface area contributed by atoms with E-state index in [1.165, 1.54) is 4.31 Å². The predicted octanol–water partition coefficient (Wildman–Crippen LogP) is 3.22. The van der Waals surface area contributed by atoms with Gasteiger partial charge in [-0.3, -0.25) is 9.59 Å². The zero-order valence-electron chi connectivity index (χ0n) is 17.6. The second-order valence-corrected chi connectivity index (χ2v) is 10.5. The maximum atomic E-state index is 12.7. The molecule has 0 spiro atoms. The van der Waals surface area contributed by atoms with Gasteiger partial charge in [-0.05, 0) is 49.6 Å². The maximum Gasteiger partial charge on any atom is 0.243 e. The minimum atomic E-state index is -3.57. The van der Waals surface area contributed by atoms with Crippen molar-refractivity contribution in [2.75, 3.05) is 13.1 Å².